The molecule has 0 radical (unpaired) electrons. The summed E-state index contributed by atoms with van der Waals surface area (Å²) >= 11 is 0. The number of carbonyl (C=O) groups is 1. The van der Waals surface area contributed by atoms with Crippen LogP contribution in [0.1, 0.15) is 22.8 Å². The predicted octanol–water partition coefficient (Wildman–Crippen LogP) is 1.25. The van der Waals surface area contributed by atoms with Crippen LogP contribution in [0, 0.1) is 21.4 Å². The number of hydrogen-bond acceptors (Lipinski definition) is 5. The van der Waals surface area contributed by atoms with Crippen molar-refractivity contribution in [3.8, 4) is 6.07 Å². The van der Waals surface area contributed by atoms with Gasteiger partial charge in [0.2, 0.25) is 0 Å². The molecule has 0 saturated heterocycles. The molecule has 1 rings (SSSR count). The van der Waals surface area contributed by atoms with Crippen LogP contribution in [-0.2, 0) is 0 Å². The van der Waals surface area contributed by atoms with Gasteiger partial charge in [0.15, 0.2) is 11.3 Å². The number of ketones is 1. The van der Waals surface area contributed by atoms with Gasteiger partial charge in [-0.25, -0.2) is 0 Å². The normalized spacial score (nSPS) is 9.33. The quantitative estimate of drug-likeness (QED) is 0.338. The number of nitriles is 1. The lowest BCUT2D eigenvalue weighted by molar-refractivity contribution is -0.385. The smallest absolute Gasteiger partial charge is 0.289 e. The highest BCUT2D eigenvalue weighted by Crippen LogP contribution is 2.26. The van der Waals surface area contributed by atoms with Gasteiger partial charge in [-0.1, -0.05) is 0 Å². The van der Waals surface area contributed by atoms with Crippen molar-refractivity contribution in [2.75, 3.05) is 5.73 Å². The van der Waals surface area contributed by atoms with E-state index in [0.29, 0.717) is 0 Å². The average molecular weight is 205 g/mol. The number of nitrogens with two attached hydrogens (primary N) is 1. The molecule has 2 N–H and O–H groups in total. The molecule has 0 saturated carbocycles. The second-order valence-electron chi connectivity index (χ2n) is 2.85. The number of nitrogen functional groups attached to an aromatic ring is 1. The van der Waals surface area contributed by atoms with Gasteiger partial charge in [-0.05, 0) is 13.0 Å². The average Bonchev–Trinajstić information content (AvgIpc) is 2.16. The van der Waals surface area contributed by atoms with Gasteiger partial charge in [0.05, 0.1) is 10.6 Å². The molecule has 0 aromatic heterocycles. The van der Waals surface area contributed by atoms with Crippen molar-refractivity contribution < 1.29 is 9.72 Å². The summed E-state index contributed by atoms with van der Waals surface area (Å²) in [5.74, 6) is -0.334. The molecule has 0 spiro atoms. The van der Waals surface area contributed by atoms with E-state index in [1.165, 1.54) is 13.0 Å². The molecule has 6 heteroatoms. The SMILES string of the molecule is CC(=O)c1ccc([N+](=O)[O-])c(C#N)c1N. The molecule has 0 bridgehead atoms. The molecule has 76 valence electrons. The van der Waals surface area contributed by atoms with Gasteiger partial charge < -0.3 is 5.73 Å². The van der Waals surface area contributed by atoms with E-state index in [1.807, 2.05) is 0 Å². The third-order valence-corrected chi connectivity index (χ3v) is 1.91. The second kappa shape index (κ2) is 3.75. The zero-order valence-electron chi connectivity index (χ0n) is 7.85. The lowest BCUT2D eigenvalue weighted by Gasteiger charge is -2.03. The maximum atomic E-state index is 11.1. The second-order valence-corrected chi connectivity index (χ2v) is 2.85. The van der Waals surface area contributed by atoms with Gasteiger partial charge in [-0.2, -0.15) is 5.26 Å². The van der Waals surface area contributed by atoms with Crippen molar-refractivity contribution in [1.29, 1.82) is 5.26 Å². The topological polar surface area (TPSA) is 110 Å². The molecule has 1 aromatic rings. The molecule has 0 atom stereocenters. The Balaban J connectivity index is 3.55. The van der Waals surface area contributed by atoms with E-state index < -0.39 is 4.92 Å². The fourth-order valence-corrected chi connectivity index (χ4v) is 1.18. The third-order valence-electron chi connectivity index (χ3n) is 1.91. The Bertz CT molecular complexity index is 488. The van der Waals surface area contributed by atoms with Crippen LogP contribution >= 0.6 is 0 Å². The van der Waals surface area contributed by atoms with Crippen molar-refractivity contribution in [1.82, 2.24) is 0 Å². The highest BCUT2D eigenvalue weighted by Gasteiger charge is 2.20. The Morgan fingerprint density at radius 3 is 2.60 bits per heavy atom. The minimum Gasteiger partial charge on any atom is -0.397 e. The molecule has 0 amide bonds. The molecule has 6 nitrogen and oxygen atoms in total. The van der Waals surface area contributed by atoms with Crippen LogP contribution in [0.2, 0.25) is 0 Å². The summed E-state index contributed by atoms with van der Waals surface area (Å²) in [4.78, 5) is 20.9. The summed E-state index contributed by atoms with van der Waals surface area (Å²) in [6.45, 7) is 1.28. The number of benzene rings is 1. The van der Waals surface area contributed by atoms with Crippen molar-refractivity contribution in [3.05, 3.63) is 33.4 Å². The first-order valence-corrected chi connectivity index (χ1v) is 3.97. The predicted molar refractivity (Wildman–Crippen MR) is 52.2 cm³/mol. The van der Waals surface area contributed by atoms with Gasteiger partial charge in [-0.15, -0.1) is 0 Å². The van der Waals surface area contributed by atoms with Crippen LogP contribution < -0.4 is 5.73 Å². The van der Waals surface area contributed by atoms with Crippen LogP contribution in [0.4, 0.5) is 11.4 Å². The van der Waals surface area contributed by atoms with Crippen LogP contribution in [0.3, 0.4) is 0 Å². The van der Waals surface area contributed by atoms with Gasteiger partial charge in [-0.3, -0.25) is 14.9 Å². The number of Topliss-reactive ketones (excluding diaryl/α,β-unsaturated/α-hetero) is 1. The zero-order chi connectivity index (χ0) is 11.6. The number of rotatable bonds is 2. The number of carbonyl (C=O) groups excluding carboxylic acids is 1. The van der Waals surface area contributed by atoms with E-state index in [1.54, 1.807) is 6.07 Å². The van der Waals surface area contributed by atoms with Crippen LogP contribution in [0.15, 0.2) is 12.1 Å². The Morgan fingerprint density at radius 1 is 1.60 bits per heavy atom. The van der Waals surface area contributed by atoms with E-state index in [9.17, 15) is 14.9 Å². The summed E-state index contributed by atoms with van der Waals surface area (Å²) in [6, 6.07) is 3.97. The standard InChI is InChI=1S/C9H7N3O3/c1-5(13)6-2-3-8(12(14)15)7(4-10)9(6)11/h2-3H,11H2,1H3. The summed E-state index contributed by atoms with van der Waals surface area (Å²) in [5.41, 5.74) is 4.81. The number of nitrogens with zero attached hydrogens (tertiary/aromatic N) is 2. The number of nitro benzene ring substituents is 1. The summed E-state index contributed by atoms with van der Waals surface area (Å²) in [5, 5.41) is 19.2. The van der Waals surface area contributed by atoms with Gasteiger partial charge in [0.1, 0.15) is 6.07 Å². The third kappa shape index (κ3) is 1.76. The summed E-state index contributed by atoms with van der Waals surface area (Å²) < 4.78 is 0. The van der Waals surface area contributed by atoms with E-state index in [0.717, 1.165) is 6.07 Å². The van der Waals surface area contributed by atoms with E-state index in [-0.39, 0.29) is 28.3 Å². The Hall–Kier alpha value is -2.42. The first-order chi connectivity index (χ1) is 6.99. The first-order valence-electron chi connectivity index (χ1n) is 3.97. The minimum absolute atomic E-state index is 0.122. The molecule has 15 heavy (non-hydrogen) atoms. The summed E-state index contributed by atoms with van der Waals surface area (Å²) in [7, 11) is 0. The van der Waals surface area contributed by atoms with Crippen LogP contribution in [-0.4, -0.2) is 10.7 Å². The lowest BCUT2D eigenvalue weighted by Crippen LogP contribution is -2.04. The van der Waals surface area contributed by atoms with Crippen molar-refractivity contribution >= 4 is 17.2 Å². The van der Waals surface area contributed by atoms with Crippen LogP contribution in [0.5, 0.6) is 0 Å². The van der Waals surface area contributed by atoms with E-state index in [2.05, 4.69) is 0 Å². The van der Waals surface area contributed by atoms with Gasteiger partial charge in [0.25, 0.3) is 5.69 Å². The Kier molecular flexibility index (Phi) is 2.67. The van der Waals surface area contributed by atoms with E-state index >= 15 is 0 Å². The number of nitro groups is 1. The lowest BCUT2D eigenvalue weighted by atomic mass is 10.0. The Morgan fingerprint density at radius 2 is 2.20 bits per heavy atom. The molecular weight excluding hydrogens is 198 g/mol. The highest BCUT2D eigenvalue weighted by atomic mass is 16.6. The van der Waals surface area contributed by atoms with Gasteiger partial charge >= 0.3 is 0 Å². The van der Waals surface area contributed by atoms with Crippen LogP contribution in [0.25, 0.3) is 0 Å². The number of hydrogen-bond donors (Lipinski definition) is 1. The maximum Gasteiger partial charge on any atom is 0.289 e. The van der Waals surface area contributed by atoms with Gasteiger partial charge in [0, 0.05) is 11.6 Å². The molecule has 0 aliphatic carbocycles. The molecule has 0 unspecified atom stereocenters. The fraction of sp³-hybridized carbons (Fsp3) is 0.111. The molecule has 0 heterocycles. The molecule has 1 aromatic carbocycles. The maximum absolute atomic E-state index is 11.1. The highest BCUT2D eigenvalue weighted by molar-refractivity contribution is 6.00. The minimum atomic E-state index is -0.709. The fourth-order valence-electron chi connectivity index (χ4n) is 1.18. The molecule has 0 aliphatic heterocycles. The Labute approximate surface area is 85.1 Å². The molecule has 0 aliphatic rings. The monoisotopic (exact) mass is 205 g/mol. The molecule has 0 fully saturated rings. The van der Waals surface area contributed by atoms with Crippen molar-refractivity contribution in [2.45, 2.75) is 6.92 Å². The summed E-state index contributed by atoms with van der Waals surface area (Å²) in [6.07, 6.45) is 0. The van der Waals surface area contributed by atoms with E-state index in [4.69, 9.17) is 11.0 Å². The van der Waals surface area contributed by atoms with Crippen molar-refractivity contribution in [3.63, 3.8) is 0 Å². The van der Waals surface area contributed by atoms with Crippen molar-refractivity contribution in [2.24, 2.45) is 0 Å². The molecular formula is C9H7N3O3. The zero-order valence-corrected chi connectivity index (χ0v) is 7.85. The first kappa shape index (κ1) is 10.7. The largest absolute Gasteiger partial charge is 0.397 e. The number of anilines is 1.